The third-order valence-corrected chi connectivity index (χ3v) is 10.3. The van der Waals surface area contributed by atoms with Crippen LogP contribution in [0.3, 0.4) is 0 Å². The molecule has 13 nitrogen and oxygen atoms in total. The molecule has 3 aliphatic rings. The highest BCUT2D eigenvalue weighted by atomic mass is 31.2. The van der Waals surface area contributed by atoms with Crippen molar-refractivity contribution in [2.75, 3.05) is 44.8 Å². The first-order valence-electron chi connectivity index (χ1n) is 17.8. The van der Waals surface area contributed by atoms with E-state index in [4.69, 9.17) is 4.52 Å². The molecule has 14 heteroatoms. The van der Waals surface area contributed by atoms with Crippen LogP contribution in [0, 0.1) is 0 Å². The molecule has 0 spiro atoms. The number of likely N-dealkylation sites (N-methyl/N-ethyl adjacent to an activating group) is 1. The predicted octanol–water partition coefficient (Wildman–Crippen LogP) is 5.14. The molecule has 0 aliphatic carbocycles. The molecule has 0 radical (unpaired) electrons. The van der Waals surface area contributed by atoms with Crippen molar-refractivity contribution in [3.8, 4) is 5.75 Å². The van der Waals surface area contributed by atoms with Gasteiger partial charge in [-0.2, -0.15) is 0 Å². The van der Waals surface area contributed by atoms with Gasteiger partial charge in [0, 0.05) is 69.6 Å². The number of urea groups is 1. The Bertz CT molecular complexity index is 1930. The van der Waals surface area contributed by atoms with Crippen LogP contribution in [0.4, 0.5) is 10.5 Å². The molecule has 3 aromatic rings. The quantitative estimate of drug-likeness (QED) is 0.131. The second-order valence-corrected chi connectivity index (χ2v) is 15.5. The first-order valence-corrected chi connectivity index (χ1v) is 19.8. The number of allylic oxidation sites excluding steroid dienone is 1. The van der Waals surface area contributed by atoms with Crippen molar-refractivity contribution < 1.29 is 33.5 Å². The van der Waals surface area contributed by atoms with E-state index in [2.05, 4.69) is 16.8 Å². The summed E-state index contributed by atoms with van der Waals surface area (Å²) in [4.78, 5) is 57.8. The normalized spacial score (nSPS) is 20.8. The summed E-state index contributed by atoms with van der Waals surface area (Å²) in [6.45, 7) is 8.15. The number of hydrogen-bond donors (Lipinski definition) is 3. The Labute approximate surface area is 310 Å². The third-order valence-electron chi connectivity index (χ3n) is 9.71. The Hall–Kier alpha value is -5.10. The minimum Gasteiger partial charge on any atom is -0.512 e. The van der Waals surface area contributed by atoms with Crippen LogP contribution in [0.5, 0.6) is 5.75 Å². The maximum atomic E-state index is 14.6. The van der Waals surface area contributed by atoms with Gasteiger partial charge < -0.3 is 34.5 Å². The van der Waals surface area contributed by atoms with Gasteiger partial charge in [0.05, 0.1) is 18.8 Å². The summed E-state index contributed by atoms with van der Waals surface area (Å²) in [6, 6.07) is 20.5. The Morgan fingerprint density at radius 3 is 2.45 bits per heavy atom. The van der Waals surface area contributed by atoms with Gasteiger partial charge in [-0.05, 0) is 35.2 Å². The number of hydrazine groups is 1. The SMILES string of the molecule is C=CCN1CC(=O)N2C(Cc3ccc(OP(C)(=O)O)cc3)C(=O)N(Cc3cccc4c3N(C)CC4=C(O)CCC)CC2N1C(=O)NCc1ccccc1. The van der Waals surface area contributed by atoms with Crippen molar-refractivity contribution in [1.82, 2.24) is 25.1 Å². The third kappa shape index (κ3) is 8.27. The number of nitrogens with zero attached hydrogens (tertiary/aromatic N) is 5. The summed E-state index contributed by atoms with van der Waals surface area (Å²) in [5, 5.41) is 17.1. The van der Waals surface area contributed by atoms with E-state index in [1.807, 2.05) is 62.5 Å². The van der Waals surface area contributed by atoms with Crippen LogP contribution in [-0.4, -0.2) is 99.8 Å². The lowest BCUT2D eigenvalue weighted by Gasteiger charge is -2.55. The number of carbonyl (C=O) groups excluding carboxylic acids is 3. The number of piperazine rings is 1. The van der Waals surface area contributed by atoms with Crippen molar-refractivity contribution in [1.29, 1.82) is 0 Å². The molecule has 3 N–H and O–H groups in total. The van der Waals surface area contributed by atoms with Gasteiger partial charge in [-0.3, -0.25) is 9.59 Å². The highest BCUT2D eigenvalue weighted by Gasteiger charge is 2.51. The lowest BCUT2D eigenvalue weighted by atomic mass is 9.97. The molecule has 2 saturated heterocycles. The summed E-state index contributed by atoms with van der Waals surface area (Å²) in [5.41, 5.74) is 5.20. The second kappa shape index (κ2) is 15.9. The summed E-state index contributed by atoms with van der Waals surface area (Å²) in [7, 11) is -1.82. The average molecular weight is 743 g/mol. The highest BCUT2D eigenvalue weighted by Crippen LogP contribution is 2.41. The first kappa shape index (κ1) is 37.7. The fourth-order valence-corrected chi connectivity index (χ4v) is 7.97. The molecule has 4 amide bonds. The van der Waals surface area contributed by atoms with Gasteiger partial charge in [0.15, 0.2) is 0 Å². The highest BCUT2D eigenvalue weighted by molar-refractivity contribution is 7.52. The maximum Gasteiger partial charge on any atom is 0.373 e. The number of anilines is 1. The number of amides is 4. The standard InChI is InChI=1S/C39H47N6O7P/c1-5-11-34(46)32-24-41(3)37-29(14-10-15-31(32)37)23-42-25-35-44(33(38(42)48)21-27-16-18-30(19-17-27)52-53(4,50)51)36(47)26-43(20-6-2)45(35)39(49)40-22-28-12-8-7-9-13-28/h6-10,12-19,33,35,46H,2,5,11,20-26H2,1,3-4H3,(H,40,49)(H,50,51). The molecule has 3 atom stereocenters. The molecule has 280 valence electrons. The van der Waals surface area contributed by atoms with Crippen LogP contribution in [0.1, 0.15) is 42.0 Å². The number of carbonyl (C=O) groups is 3. The number of benzene rings is 3. The molecule has 0 saturated carbocycles. The lowest BCUT2D eigenvalue weighted by molar-refractivity contribution is -0.189. The zero-order valence-electron chi connectivity index (χ0n) is 30.4. The second-order valence-electron chi connectivity index (χ2n) is 13.7. The van der Waals surface area contributed by atoms with Gasteiger partial charge in [-0.15, -0.1) is 6.58 Å². The van der Waals surface area contributed by atoms with Crippen molar-refractivity contribution in [2.45, 2.75) is 51.5 Å². The summed E-state index contributed by atoms with van der Waals surface area (Å²) >= 11 is 0. The molecule has 2 fully saturated rings. The molecular weight excluding hydrogens is 695 g/mol. The molecule has 3 aliphatic heterocycles. The smallest absolute Gasteiger partial charge is 0.373 e. The molecule has 6 rings (SSSR count). The van der Waals surface area contributed by atoms with Crippen molar-refractivity contribution in [2.24, 2.45) is 0 Å². The Morgan fingerprint density at radius 2 is 1.77 bits per heavy atom. The largest absolute Gasteiger partial charge is 0.512 e. The first-order chi connectivity index (χ1) is 25.4. The topological polar surface area (TPSA) is 146 Å². The van der Waals surface area contributed by atoms with Gasteiger partial charge >= 0.3 is 13.6 Å². The van der Waals surface area contributed by atoms with E-state index in [0.717, 1.165) is 41.0 Å². The van der Waals surface area contributed by atoms with E-state index in [1.165, 1.54) is 4.90 Å². The van der Waals surface area contributed by atoms with E-state index in [1.54, 1.807) is 45.3 Å². The zero-order chi connectivity index (χ0) is 37.9. The lowest BCUT2D eigenvalue weighted by Crippen LogP contribution is -2.76. The van der Waals surface area contributed by atoms with E-state index in [-0.39, 0.29) is 56.7 Å². The fraction of sp³-hybridized carbons (Fsp3) is 0.359. The molecule has 53 heavy (non-hydrogen) atoms. The summed E-state index contributed by atoms with van der Waals surface area (Å²) in [5.74, 6) is -0.00614. The number of rotatable bonds is 12. The monoisotopic (exact) mass is 742 g/mol. The predicted molar refractivity (Wildman–Crippen MR) is 203 cm³/mol. The molecule has 0 aromatic heterocycles. The number of para-hydroxylation sites is 1. The van der Waals surface area contributed by atoms with E-state index >= 15 is 0 Å². The van der Waals surface area contributed by atoms with Gasteiger partial charge in [-0.1, -0.05) is 73.7 Å². The minimum absolute atomic E-state index is 0.0553. The molecule has 3 heterocycles. The van der Waals surface area contributed by atoms with Crippen LogP contribution in [0.15, 0.2) is 91.2 Å². The van der Waals surface area contributed by atoms with Crippen LogP contribution in [-0.2, 0) is 33.7 Å². The zero-order valence-corrected chi connectivity index (χ0v) is 31.2. The van der Waals surface area contributed by atoms with Gasteiger partial charge in [-0.25, -0.2) is 19.4 Å². The Morgan fingerprint density at radius 1 is 1.04 bits per heavy atom. The van der Waals surface area contributed by atoms with Gasteiger partial charge in [0.25, 0.3) is 0 Å². The molecule has 3 aromatic carbocycles. The van der Waals surface area contributed by atoms with Crippen LogP contribution in [0.2, 0.25) is 0 Å². The van der Waals surface area contributed by atoms with Crippen molar-refractivity contribution in [3.05, 3.63) is 113 Å². The summed E-state index contributed by atoms with van der Waals surface area (Å²) < 4.78 is 17.0. The molecule has 0 bridgehead atoms. The van der Waals surface area contributed by atoms with Crippen LogP contribution >= 0.6 is 7.60 Å². The Balaban J connectivity index is 1.37. The Kier molecular flexibility index (Phi) is 11.3. The minimum atomic E-state index is -3.78. The van der Waals surface area contributed by atoms with E-state index < -0.39 is 25.8 Å². The number of hydrogen-bond acceptors (Lipinski definition) is 8. The van der Waals surface area contributed by atoms with Crippen LogP contribution < -0.4 is 14.7 Å². The van der Waals surface area contributed by atoms with Crippen LogP contribution in [0.25, 0.3) is 5.57 Å². The maximum absolute atomic E-state index is 14.6. The molecular formula is C39H47N6O7P. The number of aliphatic hydroxyl groups excluding tert-OH is 1. The van der Waals surface area contributed by atoms with E-state index in [0.29, 0.717) is 24.3 Å². The fourth-order valence-electron chi connectivity index (χ4n) is 7.46. The number of aliphatic hydroxyl groups is 1. The van der Waals surface area contributed by atoms with Gasteiger partial charge in [0.2, 0.25) is 11.8 Å². The van der Waals surface area contributed by atoms with E-state index in [9.17, 15) is 28.9 Å². The molecule has 3 unspecified atom stereocenters. The van der Waals surface area contributed by atoms with Gasteiger partial charge in [0.1, 0.15) is 18.0 Å². The summed E-state index contributed by atoms with van der Waals surface area (Å²) in [6.07, 6.45) is 2.31. The average Bonchev–Trinajstić information content (AvgIpc) is 3.47. The van der Waals surface area contributed by atoms with Crippen molar-refractivity contribution in [3.63, 3.8) is 0 Å². The number of nitrogens with one attached hydrogen (secondary N) is 1. The number of fused-ring (bicyclic) bond motifs is 2. The van der Waals surface area contributed by atoms with Crippen molar-refractivity contribution >= 4 is 36.7 Å².